The van der Waals surface area contributed by atoms with E-state index in [4.69, 9.17) is 4.74 Å². The first-order valence-corrected chi connectivity index (χ1v) is 3.54. The second-order valence-electron chi connectivity index (χ2n) is 3.03. The summed E-state index contributed by atoms with van der Waals surface area (Å²) in [5, 5.41) is 0. The molecule has 0 N–H and O–H groups in total. The summed E-state index contributed by atoms with van der Waals surface area (Å²) in [6.07, 6.45) is 4.35. The second-order valence-corrected chi connectivity index (χ2v) is 3.03. The third-order valence-corrected chi connectivity index (χ3v) is 1.79. The van der Waals surface area contributed by atoms with E-state index < -0.39 is 0 Å². The summed E-state index contributed by atoms with van der Waals surface area (Å²) in [6.45, 7) is 6.57. The van der Waals surface area contributed by atoms with Crippen LogP contribution in [-0.2, 0) is 4.74 Å². The van der Waals surface area contributed by atoms with Crippen molar-refractivity contribution in [1.29, 1.82) is 0 Å². The first kappa shape index (κ1) is 6.66. The van der Waals surface area contributed by atoms with Crippen LogP contribution in [0.2, 0.25) is 0 Å². The van der Waals surface area contributed by atoms with E-state index in [9.17, 15) is 0 Å². The molecule has 1 aliphatic rings. The van der Waals surface area contributed by atoms with E-state index >= 15 is 0 Å². The number of hydrogen-bond donors (Lipinski definition) is 0. The van der Waals surface area contributed by atoms with Crippen LogP contribution in [-0.4, -0.2) is 6.10 Å². The number of rotatable bonds is 1. The zero-order valence-electron chi connectivity index (χ0n) is 6.29. The van der Waals surface area contributed by atoms with Gasteiger partial charge in [0, 0.05) is 5.92 Å². The van der Waals surface area contributed by atoms with Crippen molar-refractivity contribution < 1.29 is 4.74 Å². The molecule has 0 aromatic heterocycles. The molecule has 1 rings (SSSR count). The molecule has 52 valence electrons. The summed E-state index contributed by atoms with van der Waals surface area (Å²) in [4.78, 5) is 0. The van der Waals surface area contributed by atoms with Gasteiger partial charge in [0.2, 0.25) is 0 Å². The van der Waals surface area contributed by atoms with Gasteiger partial charge in [-0.05, 0) is 12.0 Å². The fraction of sp³-hybridized carbons (Fsp3) is 0.750. The maximum atomic E-state index is 5.35. The highest BCUT2D eigenvalue weighted by Crippen LogP contribution is 2.22. The second kappa shape index (κ2) is 2.42. The lowest BCUT2D eigenvalue weighted by atomic mass is 9.96. The fourth-order valence-electron chi connectivity index (χ4n) is 1.26. The molecule has 0 aromatic rings. The van der Waals surface area contributed by atoms with Crippen LogP contribution >= 0.6 is 0 Å². The van der Waals surface area contributed by atoms with Gasteiger partial charge in [0.15, 0.2) is 0 Å². The third kappa shape index (κ3) is 1.26. The standard InChI is InChI=1S/C8H14O/c1-6(2)8-7(3)4-5-9-8/h4-8H,1-3H3/t7-,8+/m1/s1. The molecule has 0 aromatic carbocycles. The molecule has 0 amide bonds. The minimum absolute atomic E-state index is 0.421. The van der Waals surface area contributed by atoms with Crippen LogP contribution in [0, 0.1) is 11.8 Å². The Hall–Kier alpha value is -0.460. The minimum Gasteiger partial charge on any atom is -0.497 e. The summed E-state index contributed by atoms with van der Waals surface area (Å²) < 4.78 is 5.35. The molecule has 0 aliphatic carbocycles. The highest BCUT2D eigenvalue weighted by atomic mass is 16.5. The van der Waals surface area contributed by atoms with Gasteiger partial charge < -0.3 is 4.74 Å². The van der Waals surface area contributed by atoms with Crippen LogP contribution in [0.15, 0.2) is 12.3 Å². The quantitative estimate of drug-likeness (QED) is 0.523. The molecule has 0 bridgehead atoms. The summed E-state index contributed by atoms with van der Waals surface area (Å²) in [7, 11) is 0. The van der Waals surface area contributed by atoms with E-state index in [1.54, 1.807) is 0 Å². The highest BCUT2D eigenvalue weighted by molar-refractivity contribution is 4.93. The van der Waals surface area contributed by atoms with Crippen molar-refractivity contribution >= 4 is 0 Å². The summed E-state index contributed by atoms with van der Waals surface area (Å²) in [5.74, 6) is 1.24. The zero-order valence-corrected chi connectivity index (χ0v) is 6.29. The molecule has 0 fully saturated rings. The maximum absolute atomic E-state index is 5.35. The molecular formula is C8H14O. The van der Waals surface area contributed by atoms with Gasteiger partial charge in [0.05, 0.1) is 6.26 Å². The zero-order chi connectivity index (χ0) is 6.85. The van der Waals surface area contributed by atoms with Gasteiger partial charge in [-0.25, -0.2) is 0 Å². The van der Waals surface area contributed by atoms with Crippen LogP contribution in [0.3, 0.4) is 0 Å². The Labute approximate surface area is 56.7 Å². The van der Waals surface area contributed by atoms with Crippen LogP contribution in [0.25, 0.3) is 0 Å². The van der Waals surface area contributed by atoms with Crippen LogP contribution in [0.4, 0.5) is 0 Å². The van der Waals surface area contributed by atoms with E-state index in [0.29, 0.717) is 17.9 Å². The van der Waals surface area contributed by atoms with Gasteiger partial charge in [-0.15, -0.1) is 0 Å². The average Bonchev–Trinajstić information content (AvgIpc) is 2.13. The van der Waals surface area contributed by atoms with Crippen molar-refractivity contribution in [3.8, 4) is 0 Å². The van der Waals surface area contributed by atoms with Crippen LogP contribution in [0.1, 0.15) is 20.8 Å². The molecule has 1 heterocycles. The van der Waals surface area contributed by atoms with E-state index in [1.165, 1.54) is 0 Å². The molecule has 0 saturated carbocycles. The predicted octanol–water partition coefficient (Wildman–Crippen LogP) is 2.19. The van der Waals surface area contributed by atoms with E-state index in [2.05, 4.69) is 26.8 Å². The first-order chi connectivity index (χ1) is 4.22. The van der Waals surface area contributed by atoms with E-state index in [1.807, 2.05) is 6.26 Å². The molecule has 1 heteroatoms. The predicted molar refractivity (Wildman–Crippen MR) is 38.0 cm³/mol. The van der Waals surface area contributed by atoms with Crippen molar-refractivity contribution in [3.05, 3.63) is 12.3 Å². The molecule has 0 saturated heterocycles. The van der Waals surface area contributed by atoms with Crippen molar-refractivity contribution in [2.24, 2.45) is 11.8 Å². The highest BCUT2D eigenvalue weighted by Gasteiger charge is 2.22. The van der Waals surface area contributed by atoms with Crippen molar-refractivity contribution in [2.75, 3.05) is 0 Å². The van der Waals surface area contributed by atoms with Gasteiger partial charge in [0.1, 0.15) is 6.10 Å². The SMILES string of the molecule is CC(C)[C@@H]1OC=C[C@H]1C. The van der Waals surface area contributed by atoms with Crippen molar-refractivity contribution in [2.45, 2.75) is 26.9 Å². The topological polar surface area (TPSA) is 9.23 Å². The lowest BCUT2D eigenvalue weighted by Gasteiger charge is -2.18. The lowest BCUT2D eigenvalue weighted by Crippen LogP contribution is -2.20. The molecular weight excluding hydrogens is 112 g/mol. The van der Waals surface area contributed by atoms with Crippen molar-refractivity contribution in [1.82, 2.24) is 0 Å². The lowest BCUT2D eigenvalue weighted by molar-refractivity contribution is 0.0959. The Bertz CT molecular complexity index is 116. The Morgan fingerprint density at radius 1 is 1.44 bits per heavy atom. The van der Waals surface area contributed by atoms with E-state index in [0.717, 1.165) is 0 Å². The van der Waals surface area contributed by atoms with Gasteiger partial charge >= 0.3 is 0 Å². The Balaban J connectivity index is 2.45. The summed E-state index contributed by atoms with van der Waals surface area (Å²) in [6, 6.07) is 0. The smallest absolute Gasteiger partial charge is 0.106 e. The molecule has 1 aliphatic heterocycles. The molecule has 0 radical (unpaired) electrons. The van der Waals surface area contributed by atoms with Gasteiger partial charge in [-0.3, -0.25) is 0 Å². The normalized spacial score (nSPS) is 33.3. The monoisotopic (exact) mass is 126 g/mol. The Morgan fingerprint density at radius 3 is 2.33 bits per heavy atom. The molecule has 0 unspecified atom stereocenters. The third-order valence-electron chi connectivity index (χ3n) is 1.79. The van der Waals surface area contributed by atoms with Crippen LogP contribution < -0.4 is 0 Å². The van der Waals surface area contributed by atoms with Crippen LogP contribution in [0.5, 0.6) is 0 Å². The number of ether oxygens (including phenoxy) is 1. The summed E-state index contributed by atoms with van der Waals surface area (Å²) in [5.41, 5.74) is 0. The van der Waals surface area contributed by atoms with Gasteiger partial charge in [0.25, 0.3) is 0 Å². The van der Waals surface area contributed by atoms with Gasteiger partial charge in [-0.2, -0.15) is 0 Å². The fourth-order valence-corrected chi connectivity index (χ4v) is 1.26. The maximum Gasteiger partial charge on any atom is 0.106 e. The molecule has 2 atom stereocenters. The molecule has 9 heavy (non-hydrogen) atoms. The first-order valence-electron chi connectivity index (χ1n) is 3.54. The van der Waals surface area contributed by atoms with Crippen molar-refractivity contribution in [3.63, 3.8) is 0 Å². The average molecular weight is 126 g/mol. The Morgan fingerprint density at radius 2 is 2.11 bits per heavy atom. The Kier molecular flexibility index (Phi) is 1.79. The van der Waals surface area contributed by atoms with E-state index in [-0.39, 0.29) is 0 Å². The number of hydrogen-bond acceptors (Lipinski definition) is 1. The van der Waals surface area contributed by atoms with Gasteiger partial charge in [-0.1, -0.05) is 20.8 Å². The minimum atomic E-state index is 0.421. The largest absolute Gasteiger partial charge is 0.497 e. The summed E-state index contributed by atoms with van der Waals surface area (Å²) >= 11 is 0. The molecule has 0 spiro atoms. The molecule has 1 nitrogen and oxygen atoms in total.